The molecular weight excluding hydrogens is 238 g/mol. The van der Waals surface area contributed by atoms with E-state index < -0.39 is 0 Å². The molecule has 0 bridgehead atoms. The second-order valence-electron chi connectivity index (χ2n) is 4.42. The van der Waals surface area contributed by atoms with Gasteiger partial charge in [-0.15, -0.1) is 0 Å². The Bertz CT molecular complexity index is 502. The van der Waals surface area contributed by atoms with Crippen LogP contribution in [0, 0.1) is 0 Å². The van der Waals surface area contributed by atoms with Gasteiger partial charge in [-0.25, -0.2) is 9.97 Å². The maximum atomic E-state index is 5.79. The Morgan fingerprint density at radius 2 is 2.21 bits per heavy atom. The summed E-state index contributed by atoms with van der Waals surface area (Å²) in [6.07, 6.45) is 4.53. The normalized spacial score (nSPS) is 11.9. The van der Waals surface area contributed by atoms with E-state index >= 15 is 0 Å². The molecule has 1 atom stereocenters. The van der Waals surface area contributed by atoms with Crippen molar-refractivity contribution in [3.63, 3.8) is 0 Å². The van der Waals surface area contributed by atoms with Gasteiger partial charge in [0.1, 0.15) is 12.1 Å². The standard InChI is InChI=1S/C15H19N3O/c1-3-12(2)19-15-6-4-5-13(9-15)17-10-14-7-8-16-11-18-14/h4-9,11-12,17H,3,10H2,1-2H3. The summed E-state index contributed by atoms with van der Waals surface area (Å²) in [5, 5.41) is 3.32. The van der Waals surface area contributed by atoms with Crippen molar-refractivity contribution in [1.82, 2.24) is 9.97 Å². The van der Waals surface area contributed by atoms with Gasteiger partial charge in [-0.2, -0.15) is 0 Å². The fraction of sp³-hybridized carbons (Fsp3) is 0.333. The Labute approximate surface area is 113 Å². The average Bonchev–Trinajstić information content (AvgIpc) is 2.46. The zero-order valence-corrected chi connectivity index (χ0v) is 11.3. The van der Waals surface area contributed by atoms with Crippen LogP contribution in [0.15, 0.2) is 42.9 Å². The molecule has 0 radical (unpaired) electrons. The number of aromatic nitrogens is 2. The van der Waals surface area contributed by atoms with Crippen molar-refractivity contribution in [2.75, 3.05) is 5.32 Å². The predicted octanol–water partition coefficient (Wildman–Crippen LogP) is 3.27. The molecule has 1 aromatic carbocycles. The quantitative estimate of drug-likeness (QED) is 0.862. The van der Waals surface area contributed by atoms with Gasteiger partial charge in [-0.05, 0) is 31.5 Å². The third-order valence-corrected chi connectivity index (χ3v) is 2.86. The van der Waals surface area contributed by atoms with Crippen molar-refractivity contribution in [3.05, 3.63) is 48.5 Å². The van der Waals surface area contributed by atoms with E-state index in [9.17, 15) is 0 Å². The van der Waals surface area contributed by atoms with E-state index in [2.05, 4.69) is 29.1 Å². The molecule has 0 amide bonds. The van der Waals surface area contributed by atoms with Gasteiger partial charge < -0.3 is 10.1 Å². The molecule has 2 rings (SSSR count). The van der Waals surface area contributed by atoms with Crippen molar-refractivity contribution in [3.8, 4) is 5.75 Å². The summed E-state index contributed by atoms with van der Waals surface area (Å²) < 4.78 is 5.79. The Morgan fingerprint density at radius 1 is 1.32 bits per heavy atom. The molecular formula is C15H19N3O. The van der Waals surface area contributed by atoms with Crippen LogP contribution in [0.5, 0.6) is 5.75 Å². The van der Waals surface area contributed by atoms with Crippen molar-refractivity contribution in [2.45, 2.75) is 32.9 Å². The first-order chi connectivity index (χ1) is 9.28. The van der Waals surface area contributed by atoms with Crippen molar-refractivity contribution in [2.24, 2.45) is 0 Å². The minimum atomic E-state index is 0.233. The minimum absolute atomic E-state index is 0.233. The molecule has 19 heavy (non-hydrogen) atoms. The third kappa shape index (κ3) is 4.25. The minimum Gasteiger partial charge on any atom is -0.491 e. The van der Waals surface area contributed by atoms with Gasteiger partial charge in [0.25, 0.3) is 0 Å². The number of rotatable bonds is 6. The van der Waals surface area contributed by atoms with Gasteiger partial charge in [0.2, 0.25) is 0 Å². The highest BCUT2D eigenvalue weighted by atomic mass is 16.5. The second kappa shape index (κ2) is 6.73. The molecule has 0 spiro atoms. The number of anilines is 1. The van der Waals surface area contributed by atoms with Gasteiger partial charge >= 0.3 is 0 Å². The molecule has 1 unspecified atom stereocenters. The number of ether oxygens (including phenoxy) is 1. The first-order valence-corrected chi connectivity index (χ1v) is 6.53. The number of benzene rings is 1. The zero-order valence-electron chi connectivity index (χ0n) is 11.3. The molecule has 1 N–H and O–H groups in total. The Morgan fingerprint density at radius 3 is 2.95 bits per heavy atom. The highest BCUT2D eigenvalue weighted by Crippen LogP contribution is 2.19. The van der Waals surface area contributed by atoms with Crippen LogP contribution < -0.4 is 10.1 Å². The molecule has 100 valence electrons. The second-order valence-corrected chi connectivity index (χ2v) is 4.42. The molecule has 0 aliphatic carbocycles. The van der Waals surface area contributed by atoms with E-state index in [1.54, 1.807) is 12.5 Å². The van der Waals surface area contributed by atoms with E-state index in [0.717, 1.165) is 23.6 Å². The van der Waals surface area contributed by atoms with Gasteiger partial charge in [0.15, 0.2) is 0 Å². The molecule has 4 heteroatoms. The summed E-state index contributed by atoms with van der Waals surface area (Å²) in [6.45, 7) is 4.86. The smallest absolute Gasteiger partial charge is 0.121 e. The van der Waals surface area contributed by atoms with Crippen LogP contribution in [0.25, 0.3) is 0 Å². The molecule has 0 aliphatic heterocycles. The summed E-state index contributed by atoms with van der Waals surface area (Å²) in [5.41, 5.74) is 1.99. The van der Waals surface area contributed by atoms with Crippen LogP contribution in [-0.2, 0) is 6.54 Å². The molecule has 0 fully saturated rings. The van der Waals surface area contributed by atoms with Gasteiger partial charge in [0.05, 0.1) is 18.3 Å². The first kappa shape index (κ1) is 13.3. The average molecular weight is 257 g/mol. The number of hydrogen-bond donors (Lipinski definition) is 1. The lowest BCUT2D eigenvalue weighted by atomic mass is 10.2. The molecule has 1 aromatic heterocycles. The number of nitrogens with zero attached hydrogens (tertiary/aromatic N) is 2. The molecule has 0 saturated heterocycles. The Hall–Kier alpha value is -2.10. The largest absolute Gasteiger partial charge is 0.491 e. The van der Waals surface area contributed by atoms with Crippen molar-refractivity contribution in [1.29, 1.82) is 0 Å². The maximum absolute atomic E-state index is 5.79. The van der Waals surface area contributed by atoms with Crippen LogP contribution in [0.4, 0.5) is 5.69 Å². The molecule has 0 aliphatic rings. The van der Waals surface area contributed by atoms with E-state index in [0.29, 0.717) is 6.54 Å². The molecule has 2 aromatic rings. The predicted molar refractivity (Wildman–Crippen MR) is 76.2 cm³/mol. The van der Waals surface area contributed by atoms with Gasteiger partial charge in [0, 0.05) is 18.0 Å². The fourth-order valence-electron chi connectivity index (χ4n) is 1.61. The van der Waals surface area contributed by atoms with Crippen molar-refractivity contribution >= 4 is 5.69 Å². The summed E-state index contributed by atoms with van der Waals surface area (Å²) in [7, 11) is 0. The summed E-state index contributed by atoms with van der Waals surface area (Å²) in [4.78, 5) is 8.07. The third-order valence-electron chi connectivity index (χ3n) is 2.86. The topological polar surface area (TPSA) is 47.0 Å². The molecule has 1 heterocycles. The van der Waals surface area contributed by atoms with Gasteiger partial charge in [-0.1, -0.05) is 13.0 Å². The maximum Gasteiger partial charge on any atom is 0.121 e. The van der Waals surface area contributed by atoms with Crippen LogP contribution in [-0.4, -0.2) is 16.1 Å². The Kier molecular flexibility index (Phi) is 4.72. The van der Waals surface area contributed by atoms with E-state index in [1.165, 1.54) is 0 Å². The van der Waals surface area contributed by atoms with Crippen LogP contribution >= 0.6 is 0 Å². The van der Waals surface area contributed by atoms with E-state index in [1.807, 2.05) is 30.3 Å². The first-order valence-electron chi connectivity index (χ1n) is 6.53. The SMILES string of the molecule is CCC(C)Oc1cccc(NCc2ccncn2)c1. The van der Waals surface area contributed by atoms with E-state index in [4.69, 9.17) is 4.74 Å². The Balaban J connectivity index is 1.95. The van der Waals surface area contributed by atoms with Gasteiger partial charge in [-0.3, -0.25) is 0 Å². The molecule has 0 saturated carbocycles. The van der Waals surface area contributed by atoms with Crippen LogP contribution in [0.2, 0.25) is 0 Å². The highest BCUT2D eigenvalue weighted by molar-refractivity contribution is 5.48. The number of hydrogen-bond acceptors (Lipinski definition) is 4. The summed E-state index contributed by atoms with van der Waals surface area (Å²) in [5.74, 6) is 0.891. The molecule has 4 nitrogen and oxygen atoms in total. The van der Waals surface area contributed by atoms with E-state index in [-0.39, 0.29) is 6.10 Å². The highest BCUT2D eigenvalue weighted by Gasteiger charge is 2.02. The lowest BCUT2D eigenvalue weighted by Gasteiger charge is -2.14. The summed E-state index contributed by atoms with van der Waals surface area (Å²) >= 11 is 0. The lowest BCUT2D eigenvalue weighted by molar-refractivity contribution is 0.217. The zero-order chi connectivity index (χ0) is 13.5. The number of nitrogens with one attached hydrogen (secondary N) is 1. The lowest BCUT2D eigenvalue weighted by Crippen LogP contribution is -2.10. The van der Waals surface area contributed by atoms with Crippen molar-refractivity contribution < 1.29 is 4.74 Å². The summed E-state index contributed by atoms with van der Waals surface area (Å²) in [6, 6.07) is 9.88. The monoisotopic (exact) mass is 257 g/mol. The fourth-order valence-corrected chi connectivity index (χ4v) is 1.61. The van der Waals surface area contributed by atoms with Crippen LogP contribution in [0.3, 0.4) is 0 Å². The van der Waals surface area contributed by atoms with Crippen LogP contribution in [0.1, 0.15) is 26.0 Å².